The fraction of sp³-hybridized carbons (Fsp3) is 0.500. The van der Waals surface area contributed by atoms with Crippen LogP contribution in [0.2, 0.25) is 0 Å². The highest BCUT2D eigenvalue weighted by Crippen LogP contribution is 2.07. The van der Waals surface area contributed by atoms with Crippen molar-refractivity contribution in [3.05, 3.63) is 30.2 Å². The summed E-state index contributed by atoms with van der Waals surface area (Å²) in [5.41, 5.74) is 1.18. The molecule has 0 saturated heterocycles. The van der Waals surface area contributed by atoms with Crippen molar-refractivity contribution in [2.45, 2.75) is 26.9 Å². The number of nitrogens with zero attached hydrogens (tertiary/aromatic N) is 4. The summed E-state index contributed by atoms with van der Waals surface area (Å²) >= 11 is 0. The molecule has 1 N–H and O–H groups in total. The van der Waals surface area contributed by atoms with Gasteiger partial charge in [0.25, 0.3) is 0 Å². The van der Waals surface area contributed by atoms with Crippen molar-refractivity contribution in [2.75, 3.05) is 5.32 Å². The van der Waals surface area contributed by atoms with E-state index >= 15 is 0 Å². The molecule has 0 unspecified atom stereocenters. The first kappa shape index (κ1) is 14.6. The smallest absolute Gasteiger partial charge is 0.148 e. The Bertz CT molecular complexity index is 474. The van der Waals surface area contributed by atoms with Crippen LogP contribution in [0.25, 0.3) is 0 Å². The van der Waals surface area contributed by atoms with Crippen LogP contribution in [0.3, 0.4) is 0 Å². The van der Waals surface area contributed by atoms with Crippen molar-refractivity contribution >= 4 is 18.2 Å². The van der Waals surface area contributed by atoms with E-state index in [9.17, 15) is 0 Å². The molecule has 2 aromatic heterocycles. The Hall–Kier alpha value is -1.49. The van der Waals surface area contributed by atoms with Crippen LogP contribution >= 0.6 is 12.4 Å². The van der Waals surface area contributed by atoms with Crippen molar-refractivity contribution < 1.29 is 0 Å². The topological polar surface area (TPSA) is 47.7 Å². The average Bonchev–Trinajstić information content (AvgIpc) is 2.84. The van der Waals surface area contributed by atoms with E-state index in [1.54, 1.807) is 4.68 Å². The molecule has 0 amide bonds. The zero-order chi connectivity index (χ0) is 12.3. The normalized spacial score (nSPS) is 10.4. The first-order valence-corrected chi connectivity index (χ1v) is 5.89. The van der Waals surface area contributed by atoms with Gasteiger partial charge in [0, 0.05) is 32.1 Å². The third-order valence-electron chi connectivity index (χ3n) is 2.51. The first-order valence-electron chi connectivity index (χ1n) is 5.89. The molecule has 2 aromatic rings. The molecule has 5 nitrogen and oxygen atoms in total. The third-order valence-corrected chi connectivity index (χ3v) is 2.51. The van der Waals surface area contributed by atoms with Gasteiger partial charge in [0.2, 0.25) is 0 Å². The van der Waals surface area contributed by atoms with Gasteiger partial charge in [-0.2, -0.15) is 10.2 Å². The Morgan fingerprint density at radius 2 is 2.11 bits per heavy atom. The number of nitrogens with one attached hydrogen (secondary N) is 1. The molecule has 0 aliphatic heterocycles. The lowest BCUT2D eigenvalue weighted by Crippen LogP contribution is -2.12. The van der Waals surface area contributed by atoms with Crippen molar-refractivity contribution in [2.24, 2.45) is 13.0 Å². The van der Waals surface area contributed by atoms with Gasteiger partial charge in [-0.15, -0.1) is 12.4 Å². The molecule has 2 heterocycles. The van der Waals surface area contributed by atoms with E-state index in [4.69, 9.17) is 0 Å². The fourth-order valence-corrected chi connectivity index (χ4v) is 1.71. The van der Waals surface area contributed by atoms with Gasteiger partial charge in [0.1, 0.15) is 5.82 Å². The Kier molecular flexibility index (Phi) is 5.22. The van der Waals surface area contributed by atoms with Crippen LogP contribution in [-0.2, 0) is 20.1 Å². The molecule has 0 aliphatic rings. The lowest BCUT2D eigenvalue weighted by molar-refractivity contribution is 0.470. The Morgan fingerprint density at radius 1 is 1.33 bits per heavy atom. The Morgan fingerprint density at radius 3 is 2.72 bits per heavy atom. The van der Waals surface area contributed by atoms with Gasteiger partial charge < -0.3 is 5.32 Å². The Balaban J connectivity index is 0.00000162. The number of hydrogen-bond acceptors (Lipinski definition) is 3. The van der Waals surface area contributed by atoms with Crippen LogP contribution in [0.5, 0.6) is 0 Å². The molecule has 100 valence electrons. The van der Waals surface area contributed by atoms with Gasteiger partial charge in [-0.05, 0) is 12.0 Å². The van der Waals surface area contributed by atoms with Crippen LogP contribution in [0.4, 0.5) is 5.82 Å². The largest absolute Gasteiger partial charge is 0.363 e. The van der Waals surface area contributed by atoms with Gasteiger partial charge >= 0.3 is 0 Å². The highest BCUT2D eigenvalue weighted by molar-refractivity contribution is 5.85. The second-order valence-electron chi connectivity index (χ2n) is 4.63. The maximum Gasteiger partial charge on any atom is 0.148 e. The van der Waals surface area contributed by atoms with Crippen LogP contribution in [0, 0.1) is 5.92 Å². The van der Waals surface area contributed by atoms with Gasteiger partial charge in [0.05, 0.1) is 12.2 Å². The van der Waals surface area contributed by atoms with Crippen LogP contribution in [-0.4, -0.2) is 19.6 Å². The number of halogens is 1. The SMILES string of the molecule is CC(C)Cn1nccc1CNc1ccn(C)n1.Cl. The highest BCUT2D eigenvalue weighted by Gasteiger charge is 2.04. The highest BCUT2D eigenvalue weighted by atomic mass is 35.5. The Labute approximate surface area is 114 Å². The van der Waals surface area contributed by atoms with E-state index in [2.05, 4.69) is 29.4 Å². The molecule has 6 heteroatoms. The van der Waals surface area contributed by atoms with Gasteiger partial charge in [-0.25, -0.2) is 0 Å². The molecular formula is C12H20ClN5. The zero-order valence-electron chi connectivity index (χ0n) is 11.0. The van der Waals surface area contributed by atoms with Crippen LogP contribution < -0.4 is 5.32 Å². The summed E-state index contributed by atoms with van der Waals surface area (Å²) in [6.07, 6.45) is 3.77. The molecule has 0 saturated carbocycles. The molecule has 0 atom stereocenters. The summed E-state index contributed by atoms with van der Waals surface area (Å²) in [4.78, 5) is 0. The molecule has 0 radical (unpaired) electrons. The number of aromatic nitrogens is 4. The van der Waals surface area contributed by atoms with E-state index in [1.807, 2.05) is 36.3 Å². The second-order valence-corrected chi connectivity index (χ2v) is 4.63. The van der Waals surface area contributed by atoms with Gasteiger partial charge in [-0.1, -0.05) is 13.8 Å². The number of rotatable bonds is 5. The lowest BCUT2D eigenvalue weighted by atomic mass is 10.2. The lowest BCUT2D eigenvalue weighted by Gasteiger charge is -2.10. The zero-order valence-corrected chi connectivity index (χ0v) is 11.8. The summed E-state index contributed by atoms with van der Waals surface area (Å²) in [7, 11) is 1.91. The molecule has 0 bridgehead atoms. The third kappa shape index (κ3) is 3.77. The second kappa shape index (κ2) is 6.44. The summed E-state index contributed by atoms with van der Waals surface area (Å²) in [6.45, 7) is 6.09. The maximum atomic E-state index is 4.32. The monoisotopic (exact) mass is 269 g/mol. The number of hydrogen-bond donors (Lipinski definition) is 1. The van der Waals surface area contributed by atoms with Crippen LogP contribution in [0.15, 0.2) is 24.5 Å². The van der Waals surface area contributed by atoms with E-state index in [-0.39, 0.29) is 12.4 Å². The summed E-state index contributed by atoms with van der Waals surface area (Å²) in [5, 5.41) is 11.9. The minimum atomic E-state index is 0. The molecule has 2 rings (SSSR count). The quantitative estimate of drug-likeness (QED) is 0.906. The summed E-state index contributed by atoms with van der Waals surface area (Å²) < 4.78 is 3.83. The predicted molar refractivity (Wildman–Crippen MR) is 74.8 cm³/mol. The fourth-order valence-electron chi connectivity index (χ4n) is 1.71. The van der Waals surface area contributed by atoms with Gasteiger partial charge in [-0.3, -0.25) is 9.36 Å². The summed E-state index contributed by atoms with van der Waals surface area (Å²) in [6, 6.07) is 4.00. The van der Waals surface area contributed by atoms with Crippen molar-refractivity contribution in [3.8, 4) is 0 Å². The van der Waals surface area contributed by atoms with E-state index in [1.165, 1.54) is 5.69 Å². The number of anilines is 1. The maximum absolute atomic E-state index is 4.32. The van der Waals surface area contributed by atoms with Crippen molar-refractivity contribution in [1.82, 2.24) is 19.6 Å². The summed E-state index contributed by atoms with van der Waals surface area (Å²) in [5.74, 6) is 1.49. The predicted octanol–water partition coefficient (Wildman–Crippen LogP) is 2.31. The van der Waals surface area contributed by atoms with E-state index in [0.29, 0.717) is 5.92 Å². The van der Waals surface area contributed by atoms with Crippen molar-refractivity contribution in [1.29, 1.82) is 0 Å². The molecular weight excluding hydrogens is 250 g/mol. The van der Waals surface area contributed by atoms with Crippen molar-refractivity contribution in [3.63, 3.8) is 0 Å². The number of aryl methyl sites for hydroxylation is 1. The molecule has 0 aromatic carbocycles. The standard InChI is InChI=1S/C12H19N5.ClH/c1-10(2)9-17-11(4-6-14-17)8-13-12-5-7-16(3)15-12;/h4-7,10H,8-9H2,1-3H3,(H,13,15);1H. The molecule has 18 heavy (non-hydrogen) atoms. The molecule has 0 spiro atoms. The minimum absolute atomic E-state index is 0. The molecule has 0 aliphatic carbocycles. The van der Waals surface area contributed by atoms with E-state index in [0.717, 1.165) is 18.9 Å². The first-order chi connectivity index (χ1) is 8.15. The van der Waals surface area contributed by atoms with E-state index < -0.39 is 0 Å². The van der Waals surface area contributed by atoms with Gasteiger partial charge in [0.15, 0.2) is 0 Å². The average molecular weight is 270 g/mol. The minimum Gasteiger partial charge on any atom is -0.363 e. The molecule has 0 fully saturated rings. The van der Waals surface area contributed by atoms with Crippen LogP contribution in [0.1, 0.15) is 19.5 Å².